The van der Waals surface area contributed by atoms with Crippen molar-refractivity contribution >= 4 is 5.91 Å². The lowest BCUT2D eigenvalue weighted by atomic mass is 10.0. The van der Waals surface area contributed by atoms with E-state index in [-0.39, 0.29) is 18.1 Å². The van der Waals surface area contributed by atoms with Gasteiger partial charge in [0.2, 0.25) is 0 Å². The van der Waals surface area contributed by atoms with Crippen LogP contribution < -0.4 is 0 Å². The molecule has 92 valence electrons. The van der Waals surface area contributed by atoms with Crippen molar-refractivity contribution in [1.82, 2.24) is 4.90 Å². The monoisotopic (exact) mass is 233 g/mol. The van der Waals surface area contributed by atoms with E-state index in [1.807, 2.05) is 6.92 Å². The van der Waals surface area contributed by atoms with Crippen LogP contribution in [0.3, 0.4) is 0 Å². The summed E-state index contributed by atoms with van der Waals surface area (Å²) >= 11 is 0. The second kappa shape index (κ2) is 5.15. The maximum absolute atomic E-state index is 11.9. The van der Waals surface area contributed by atoms with Crippen molar-refractivity contribution in [2.24, 2.45) is 0 Å². The predicted molar refractivity (Wildman–Crippen MR) is 69.2 cm³/mol. The van der Waals surface area contributed by atoms with E-state index in [1.54, 1.807) is 0 Å². The molecule has 0 saturated carbocycles. The van der Waals surface area contributed by atoms with Gasteiger partial charge in [-0.05, 0) is 24.5 Å². The van der Waals surface area contributed by atoms with Gasteiger partial charge in [-0.3, -0.25) is 4.79 Å². The number of hydrogen-bond donors (Lipinski definition) is 1. The smallest absolute Gasteiger partial charge is 0.256 e. The quantitative estimate of drug-likeness (QED) is 0.759. The Morgan fingerprint density at radius 3 is 2.53 bits per heavy atom. The Morgan fingerprint density at radius 1 is 1.47 bits per heavy atom. The van der Waals surface area contributed by atoms with Crippen LogP contribution >= 0.6 is 0 Å². The first-order valence-electron chi connectivity index (χ1n) is 5.61. The highest BCUT2D eigenvalue weighted by Crippen LogP contribution is 2.33. The van der Waals surface area contributed by atoms with Crippen LogP contribution in [0.2, 0.25) is 0 Å². The highest BCUT2D eigenvalue weighted by Gasteiger charge is 2.30. The van der Waals surface area contributed by atoms with E-state index >= 15 is 0 Å². The molecule has 0 aromatic rings. The molecule has 3 heteroatoms. The third-order valence-corrected chi connectivity index (χ3v) is 3.14. The molecule has 0 bridgehead atoms. The molecule has 1 aliphatic heterocycles. The number of likely N-dealkylation sites (tertiary alicyclic amines) is 1. The molecule has 0 unspecified atom stereocenters. The summed E-state index contributed by atoms with van der Waals surface area (Å²) in [5, 5.41) is 8.93. The molecular formula is C14H19NO2. The van der Waals surface area contributed by atoms with Crippen LogP contribution in [0.5, 0.6) is 0 Å². The average Bonchev–Trinajstić information content (AvgIpc) is 2.63. The van der Waals surface area contributed by atoms with Gasteiger partial charge in [0.1, 0.15) is 0 Å². The molecule has 3 nitrogen and oxygen atoms in total. The molecule has 0 atom stereocenters. The zero-order chi connectivity index (χ0) is 13.2. The number of hydrogen-bond acceptors (Lipinski definition) is 2. The molecule has 0 spiro atoms. The van der Waals surface area contributed by atoms with Gasteiger partial charge >= 0.3 is 0 Å². The van der Waals surface area contributed by atoms with E-state index in [0.29, 0.717) is 12.2 Å². The number of nitrogens with zero attached hydrogens (tertiary/aromatic N) is 1. The van der Waals surface area contributed by atoms with Crippen molar-refractivity contribution in [2.75, 3.05) is 13.2 Å². The minimum absolute atomic E-state index is 0.175. The molecule has 0 aromatic heterocycles. The van der Waals surface area contributed by atoms with E-state index in [4.69, 9.17) is 5.11 Å². The van der Waals surface area contributed by atoms with Crippen LogP contribution in [-0.2, 0) is 4.79 Å². The van der Waals surface area contributed by atoms with Crippen molar-refractivity contribution in [1.29, 1.82) is 0 Å². The van der Waals surface area contributed by atoms with Crippen LogP contribution in [0, 0.1) is 0 Å². The van der Waals surface area contributed by atoms with E-state index in [0.717, 1.165) is 17.6 Å². The van der Waals surface area contributed by atoms with Gasteiger partial charge in [-0.15, -0.1) is 0 Å². The molecule has 1 aliphatic rings. The second-order valence-electron chi connectivity index (χ2n) is 4.19. The summed E-state index contributed by atoms with van der Waals surface area (Å²) in [7, 11) is 0. The Labute approximate surface area is 102 Å². The first kappa shape index (κ1) is 13.5. The van der Waals surface area contributed by atoms with Crippen LogP contribution in [-0.4, -0.2) is 29.1 Å². The number of carbonyl (C=O) groups is 1. The van der Waals surface area contributed by atoms with E-state index in [2.05, 4.69) is 26.7 Å². The minimum Gasteiger partial charge on any atom is -0.391 e. The zero-order valence-corrected chi connectivity index (χ0v) is 10.5. The number of rotatable bonds is 3. The van der Waals surface area contributed by atoms with Crippen LogP contribution in [0.15, 0.2) is 47.7 Å². The Kier molecular flexibility index (Phi) is 4.07. The van der Waals surface area contributed by atoms with Crippen LogP contribution in [0.1, 0.15) is 20.3 Å². The van der Waals surface area contributed by atoms with Gasteiger partial charge in [-0.2, -0.15) is 0 Å². The number of aliphatic hydroxyl groups excluding tert-OH is 1. The summed E-state index contributed by atoms with van der Waals surface area (Å²) in [6, 6.07) is 0. The minimum atomic E-state index is -0.332. The van der Waals surface area contributed by atoms with Gasteiger partial charge in [0.25, 0.3) is 5.91 Å². The number of aliphatic hydroxyl groups is 1. The summed E-state index contributed by atoms with van der Waals surface area (Å²) in [5.74, 6) is -0.280. The molecule has 1 amide bonds. The molecule has 17 heavy (non-hydrogen) atoms. The second-order valence-corrected chi connectivity index (χ2v) is 4.19. The van der Waals surface area contributed by atoms with Gasteiger partial charge in [-0.25, -0.2) is 0 Å². The summed E-state index contributed by atoms with van der Waals surface area (Å²) in [4.78, 5) is 13.5. The van der Waals surface area contributed by atoms with Crippen molar-refractivity contribution in [3.8, 4) is 0 Å². The van der Waals surface area contributed by atoms with Gasteiger partial charge in [0, 0.05) is 11.3 Å². The van der Waals surface area contributed by atoms with Crippen molar-refractivity contribution < 1.29 is 9.90 Å². The lowest BCUT2D eigenvalue weighted by molar-refractivity contribution is -0.124. The molecule has 1 heterocycles. The summed E-state index contributed by atoms with van der Waals surface area (Å²) in [5.41, 5.74) is 3.86. The van der Waals surface area contributed by atoms with Gasteiger partial charge in [-0.1, -0.05) is 32.2 Å². The molecular weight excluding hydrogens is 214 g/mol. The molecule has 1 N–H and O–H groups in total. The maximum Gasteiger partial charge on any atom is 0.256 e. The molecule has 0 aromatic carbocycles. The number of amides is 1. The maximum atomic E-state index is 11.9. The van der Waals surface area contributed by atoms with Crippen molar-refractivity contribution in [3.63, 3.8) is 0 Å². The third-order valence-electron chi connectivity index (χ3n) is 3.14. The summed E-state index contributed by atoms with van der Waals surface area (Å²) < 4.78 is 0. The first-order valence-corrected chi connectivity index (χ1v) is 5.61. The lowest BCUT2D eigenvalue weighted by Gasteiger charge is -2.16. The fourth-order valence-electron chi connectivity index (χ4n) is 1.74. The van der Waals surface area contributed by atoms with E-state index < -0.39 is 0 Å². The molecule has 1 saturated heterocycles. The molecule has 1 fully saturated rings. The van der Waals surface area contributed by atoms with E-state index in [9.17, 15) is 4.79 Å². The van der Waals surface area contributed by atoms with Gasteiger partial charge in [0.05, 0.1) is 13.2 Å². The Balaban J connectivity index is 3.02. The normalized spacial score (nSPS) is 18.6. The van der Waals surface area contributed by atoms with Gasteiger partial charge in [0.15, 0.2) is 0 Å². The topological polar surface area (TPSA) is 40.5 Å². The number of allylic oxidation sites excluding steroid dienone is 2. The first-order chi connectivity index (χ1) is 7.93. The van der Waals surface area contributed by atoms with Crippen molar-refractivity contribution in [3.05, 3.63) is 47.7 Å². The van der Waals surface area contributed by atoms with E-state index in [1.165, 1.54) is 10.5 Å². The fraction of sp³-hybridized carbons (Fsp3) is 0.357. The Bertz CT molecular complexity index is 430. The summed E-state index contributed by atoms with van der Waals surface area (Å²) in [6.45, 7) is 15.6. The highest BCUT2D eigenvalue weighted by molar-refractivity contribution is 5.96. The predicted octanol–water partition coefficient (Wildman–Crippen LogP) is 2.17. The molecule has 0 aliphatic carbocycles. The van der Waals surface area contributed by atoms with Crippen molar-refractivity contribution in [2.45, 2.75) is 20.3 Å². The molecule has 1 rings (SSSR count). The fourth-order valence-corrected chi connectivity index (χ4v) is 1.74. The lowest BCUT2D eigenvalue weighted by Crippen LogP contribution is -2.28. The Hall–Kier alpha value is -1.61. The zero-order valence-electron chi connectivity index (χ0n) is 10.5. The Morgan fingerprint density at radius 2 is 2.06 bits per heavy atom. The molecule has 0 radical (unpaired) electrons. The standard InChI is InChI=1S/C14H19NO2/c1-6-9(2)13-7-15(12(5)11(13)4)14(17)10(3)8-16/h16H,3-8H2,1-2H3/b13-9-. The van der Waals surface area contributed by atoms with Gasteiger partial charge < -0.3 is 10.0 Å². The summed E-state index contributed by atoms with van der Waals surface area (Å²) in [6.07, 6.45) is 0.921. The van der Waals surface area contributed by atoms with Crippen LogP contribution in [0.25, 0.3) is 0 Å². The average molecular weight is 233 g/mol. The van der Waals surface area contributed by atoms with Crippen LogP contribution in [0.4, 0.5) is 0 Å². The highest BCUT2D eigenvalue weighted by atomic mass is 16.3. The number of carbonyl (C=O) groups excluding carboxylic acids is 1. The largest absolute Gasteiger partial charge is 0.391 e. The SMILES string of the molecule is C=C(CO)C(=O)N1C/C(=C(\C)CC)C(=C)C1=C. The third kappa shape index (κ3) is 2.39.